The minimum absolute atomic E-state index is 0.152. The van der Waals surface area contributed by atoms with Crippen LogP contribution in [0.15, 0.2) is 24.3 Å². The van der Waals surface area contributed by atoms with E-state index in [2.05, 4.69) is 6.92 Å². The first-order valence-corrected chi connectivity index (χ1v) is 4.64. The summed E-state index contributed by atoms with van der Waals surface area (Å²) in [5.74, 6) is 0.152. The van der Waals surface area contributed by atoms with Crippen molar-refractivity contribution in [1.29, 1.82) is 0 Å². The van der Waals surface area contributed by atoms with Gasteiger partial charge in [0.25, 0.3) is 0 Å². The second-order valence-electron chi connectivity index (χ2n) is 3.17. The van der Waals surface area contributed by atoms with Crippen LogP contribution in [-0.2, 0) is 6.42 Å². The zero-order valence-electron chi connectivity index (χ0n) is 8.05. The fraction of sp³-hybridized carbons (Fsp3) is 0.333. The van der Waals surface area contributed by atoms with Gasteiger partial charge in [0.1, 0.15) is 0 Å². The predicted molar refractivity (Wildman–Crippen MR) is 54.7 cm³/mol. The third kappa shape index (κ3) is 2.69. The molecule has 0 aromatic heterocycles. The Hall–Kier alpha value is -1.11. The van der Waals surface area contributed by atoms with Crippen LogP contribution in [0.25, 0.3) is 0 Å². The Labute approximate surface area is 79.8 Å². The first-order valence-electron chi connectivity index (χ1n) is 4.64. The van der Waals surface area contributed by atoms with Crippen LogP contribution >= 0.6 is 0 Å². The highest BCUT2D eigenvalue weighted by atomic mass is 16.1. The second kappa shape index (κ2) is 4.80. The van der Waals surface area contributed by atoms with E-state index in [1.165, 1.54) is 0 Å². The summed E-state index contributed by atoms with van der Waals surface area (Å²) < 4.78 is 0. The van der Waals surface area contributed by atoms with Crippen molar-refractivity contribution in [2.45, 2.75) is 26.2 Å². The van der Waals surface area contributed by atoms with Crippen molar-refractivity contribution in [1.82, 2.24) is 0 Å². The number of ketones is 1. The normalized spacial score (nSPS) is 10.0. The number of hydrogen-bond acceptors (Lipinski definition) is 1. The summed E-state index contributed by atoms with van der Waals surface area (Å²) in [5.41, 5.74) is 2.01. The zero-order chi connectivity index (χ0) is 9.68. The molecule has 0 aliphatic rings. The van der Waals surface area contributed by atoms with Gasteiger partial charge in [0, 0.05) is 5.56 Å². The molecule has 69 valence electrons. The maximum absolute atomic E-state index is 11.2. The van der Waals surface area contributed by atoms with Gasteiger partial charge in [0.15, 0.2) is 5.78 Å². The molecule has 0 spiro atoms. The fourth-order valence-electron chi connectivity index (χ4n) is 1.40. The Morgan fingerprint density at radius 2 is 2.08 bits per heavy atom. The smallest absolute Gasteiger partial charge is 0.160 e. The van der Waals surface area contributed by atoms with E-state index in [4.69, 9.17) is 0 Å². The third-order valence-corrected chi connectivity index (χ3v) is 2.09. The Bertz CT molecular complexity index is 289. The molecule has 1 nitrogen and oxygen atoms in total. The Morgan fingerprint density at radius 3 is 2.69 bits per heavy atom. The lowest BCUT2D eigenvalue weighted by molar-refractivity contribution is 0.101. The van der Waals surface area contributed by atoms with E-state index in [1.54, 1.807) is 6.92 Å². The van der Waals surface area contributed by atoms with Crippen LogP contribution in [0.2, 0.25) is 0 Å². The number of aryl methyl sites for hydroxylation is 1. The van der Waals surface area contributed by atoms with Crippen molar-refractivity contribution in [2.75, 3.05) is 0 Å². The number of carbonyl (C=O) groups excluding carboxylic acids is 1. The molecule has 0 fully saturated rings. The number of Topliss-reactive ketones (excluding diaryl/α,β-unsaturated/α-hetero) is 1. The summed E-state index contributed by atoms with van der Waals surface area (Å²) in [5, 5.41) is 0. The number of unbranched alkanes of at least 4 members (excludes halogenated alkanes) is 1. The van der Waals surface area contributed by atoms with Crippen molar-refractivity contribution in [3.8, 4) is 0 Å². The first-order chi connectivity index (χ1) is 6.25. The molecule has 1 aromatic rings. The van der Waals surface area contributed by atoms with Crippen LogP contribution in [-0.4, -0.2) is 5.78 Å². The maximum Gasteiger partial charge on any atom is 0.160 e. The van der Waals surface area contributed by atoms with Gasteiger partial charge in [-0.15, -0.1) is 0 Å². The number of rotatable bonds is 4. The van der Waals surface area contributed by atoms with Crippen molar-refractivity contribution in [2.24, 2.45) is 0 Å². The standard InChI is InChI=1S/C12H15O/c1-3-4-7-11-8-5-6-9-12(11)10(2)13/h5-6,8-9H,1,3-4,7H2,2H3. The summed E-state index contributed by atoms with van der Waals surface area (Å²) in [6.07, 6.45) is 2.93. The molecule has 0 bridgehead atoms. The van der Waals surface area contributed by atoms with E-state index in [9.17, 15) is 4.79 Å². The van der Waals surface area contributed by atoms with Crippen LogP contribution in [0.5, 0.6) is 0 Å². The van der Waals surface area contributed by atoms with Crippen LogP contribution < -0.4 is 0 Å². The quantitative estimate of drug-likeness (QED) is 0.643. The van der Waals surface area contributed by atoms with Gasteiger partial charge in [0.05, 0.1) is 0 Å². The molecule has 0 aliphatic heterocycles. The lowest BCUT2D eigenvalue weighted by Gasteiger charge is -2.04. The number of benzene rings is 1. The second-order valence-corrected chi connectivity index (χ2v) is 3.17. The van der Waals surface area contributed by atoms with Gasteiger partial charge < -0.3 is 0 Å². The van der Waals surface area contributed by atoms with E-state index in [0.717, 1.165) is 30.4 Å². The van der Waals surface area contributed by atoms with Crippen molar-refractivity contribution < 1.29 is 4.79 Å². The first kappa shape index (κ1) is 9.97. The third-order valence-electron chi connectivity index (χ3n) is 2.09. The highest BCUT2D eigenvalue weighted by molar-refractivity contribution is 5.95. The topological polar surface area (TPSA) is 17.1 Å². The average molecular weight is 175 g/mol. The summed E-state index contributed by atoms with van der Waals surface area (Å²) in [4.78, 5) is 11.2. The molecule has 0 heterocycles. The highest BCUT2D eigenvalue weighted by Gasteiger charge is 2.04. The molecule has 0 atom stereocenters. The minimum Gasteiger partial charge on any atom is -0.295 e. The van der Waals surface area contributed by atoms with Crippen molar-refractivity contribution in [3.63, 3.8) is 0 Å². The summed E-state index contributed by atoms with van der Waals surface area (Å²) in [6.45, 7) is 5.40. The van der Waals surface area contributed by atoms with Crippen LogP contribution in [0, 0.1) is 6.92 Å². The maximum atomic E-state index is 11.2. The predicted octanol–water partition coefficient (Wildman–Crippen LogP) is 3.05. The lowest BCUT2D eigenvalue weighted by atomic mass is 10.00. The van der Waals surface area contributed by atoms with Crippen LogP contribution in [0.3, 0.4) is 0 Å². The summed E-state index contributed by atoms with van der Waals surface area (Å²) >= 11 is 0. The average Bonchev–Trinajstić information content (AvgIpc) is 2.15. The number of carbonyl (C=O) groups is 1. The van der Waals surface area contributed by atoms with Crippen molar-refractivity contribution >= 4 is 5.78 Å². The van der Waals surface area contributed by atoms with Crippen LogP contribution in [0.4, 0.5) is 0 Å². The molecule has 1 rings (SSSR count). The number of hydrogen-bond donors (Lipinski definition) is 0. The van der Waals surface area contributed by atoms with Crippen LogP contribution in [0.1, 0.15) is 35.7 Å². The Morgan fingerprint density at radius 1 is 1.38 bits per heavy atom. The molecule has 0 saturated heterocycles. The molecular weight excluding hydrogens is 160 g/mol. The van der Waals surface area contributed by atoms with Gasteiger partial charge in [0.2, 0.25) is 0 Å². The van der Waals surface area contributed by atoms with E-state index < -0.39 is 0 Å². The van der Waals surface area contributed by atoms with Gasteiger partial charge in [-0.1, -0.05) is 37.6 Å². The van der Waals surface area contributed by atoms with Gasteiger partial charge in [-0.25, -0.2) is 0 Å². The lowest BCUT2D eigenvalue weighted by Crippen LogP contribution is -1.98. The molecule has 1 aromatic carbocycles. The van der Waals surface area contributed by atoms with E-state index in [-0.39, 0.29) is 5.78 Å². The minimum atomic E-state index is 0.152. The largest absolute Gasteiger partial charge is 0.295 e. The molecule has 13 heavy (non-hydrogen) atoms. The van der Waals surface area contributed by atoms with Gasteiger partial charge in [-0.05, 0) is 25.3 Å². The van der Waals surface area contributed by atoms with Gasteiger partial charge in [-0.2, -0.15) is 0 Å². The molecule has 0 amide bonds. The molecule has 1 radical (unpaired) electrons. The Kier molecular flexibility index (Phi) is 3.69. The summed E-state index contributed by atoms with van der Waals surface area (Å²) in [7, 11) is 0. The fourth-order valence-corrected chi connectivity index (χ4v) is 1.40. The molecule has 0 aliphatic carbocycles. The molecule has 0 saturated carbocycles. The monoisotopic (exact) mass is 175 g/mol. The zero-order valence-corrected chi connectivity index (χ0v) is 8.05. The van der Waals surface area contributed by atoms with E-state index >= 15 is 0 Å². The molecular formula is C12H15O. The molecule has 0 N–H and O–H groups in total. The van der Waals surface area contributed by atoms with E-state index in [0.29, 0.717) is 0 Å². The van der Waals surface area contributed by atoms with Gasteiger partial charge >= 0.3 is 0 Å². The molecule has 0 unspecified atom stereocenters. The van der Waals surface area contributed by atoms with Gasteiger partial charge in [-0.3, -0.25) is 4.79 Å². The van der Waals surface area contributed by atoms with E-state index in [1.807, 2.05) is 24.3 Å². The highest BCUT2D eigenvalue weighted by Crippen LogP contribution is 2.12. The SMILES string of the molecule is [CH2]CCCc1ccccc1C(C)=O. The van der Waals surface area contributed by atoms with Crippen molar-refractivity contribution in [3.05, 3.63) is 42.3 Å². The summed E-state index contributed by atoms with van der Waals surface area (Å²) in [6, 6.07) is 7.79. The Balaban J connectivity index is 2.84. The molecule has 1 heteroatoms.